The molecule has 0 aliphatic heterocycles. The molecule has 2 aromatic carbocycles. The minimum absolute atomic E-state index is 0.0969. The van der Waals surface area contributed by atoms with Crippen molar-refractivity contribution in [1.29, 1.82) is 0 Å². The van der Waals surface area contributed by atoms with Crippen LogP contribution in [-0.4, -0.2) is 24.0 Å². The molecule has 2 rings (SSSR count). The third kappa shape index (κ3) is 6.34. The molecule has 2 aromatic rings. The lowest BCUT2D eigenvalue weighted by Crippen LogP contribution is -2.36. The Morgan fingerprint density at radius 2 is 1.93 bits per heavy atom. The number of rotatable bonds is 8. The molecule has 0 radical (unpaired) electrons. The summed E-state index contributed by atoms with van der Waals surface area (Å²) in [6.07, 6.45) is 0.0856. The first kappa shape index (κ1) is 21.9. The average Bonchev–Trinajstić information content (AvgIpc) is 2.68. The third-order valence-electron chi connectivity index (χ3n) is 4.21. The summed E-state index contributed by atoms with van der Waals surface area (Å²) in [5.41, 5.74) is 1.35. The minimum atomic E-state index is -0.765. The molecular formula is C21H24BrFN2O3. The van der Waals surface area contributed by atoms with Crippen LogP contribution >= 0.6 is 15.9 Å². The van der Waals surface area contributed by atoms with Crippen molar-refractivity contribution < 1.29 is 18.7 Å². The summed E-state index contributed by atoms with van der Waals surface area (Å²) < 4.78 is 19.2. The molecule has 0 aromatic heterocycles. The fourth-order valence-electron chi connectivity index (χ4n) is 2.38. The van der Waals surface area contributed by atoms with E-state index < -0.39 is 11.9 Å². The van der Waals surface area contributed by atoms with Crippen LogP contribution in [0.2, 0.25) is 0 Å². The number of carbonyl (C=O) groups is 2. The fourth-order valence-corrected chi connectivity index (χ4v) is 2.82. The SMILES string of the molecule is CCC(C)NC(=O)c1cccc(CNC(=O)C(C)Oc2ccc(F)cc2Br)c1. The summed E-state index contributed by atoms with van der Waals surface area (Å²) >= 11 is 3.21. The molecule has 2 amide bonds. The van der Waals surface area contributed by atoms with Gasteiger partial charge in [0.15, 0.2) is 6.10 Å². The quantitative estimate of drug-likeness (QED) is 0.632. The lowest BCUT2D eigenvalue weighted by atomic mass is 10.1. The van der Waals surface area contributed by atoms with Crippen LogP contribution in [0.5, 0.6) is 5.75 Å². The molecule has 0 heterocycles. The van der Waals surface area contributed by atoms with Crippen molar-refractivity contribution in [1.82, 2.24) is 10.6 Å². The highest BCUT2D eigenvalue weighted by atomic mass is 79.9. The van der Waals surface area contributed by atoms with E-state index in [0.29, 0.717) is 15.8 Å². The lowest BCUT2D eigenvalue weighted by Gasteiger charge is -2.16. The van der Waals surface area contributed by atoms with Gasteiger partial charge in [-0.15, -0.1) is 0 Å². The number of carbonyl (C=O) groups excluding carboxylic acids is 2. The Kier molecular flexibility index (Phi) is 7.99. The maximum Gasteiger partial charge on any atom is 0.261 e. The first-order valence-electron chi connectivity index (χ1n) is 9.09. The van der Waals surface area contributed by atoms with E-state index in [9.17, 15) is 14.0 Å². The van der Waals surface area contributed by atoms with Gasteiger partial charge in [-0.2, -0.15) is 0 Å². The number of hydrogen-bond acceptors (Lipinski definition) is 3. The van der Waals surface area contributed by atoms with Crippen LogP contribution < -0.4 is 15.4 Å². The summed E-state index contributed by atoms with van der Waals surface area (Å²) in [6, 6.07) is 11.2. The molecule has 0 aliphatic carbocycles. The second-order valence-electron chi connectivity index (χ2n) is 6.54. The van der Waals surface area contributed by atoms with E-state index >= 15 is 0 Å². The van der Waals surface area contributed by atoms with Gasteiger partial charge < -0.3 is 15.4 Å². The topological polar surface area (TPSA) is 67.4 Å². The summed E-state index contributed by atoms with van der Waals surface area (Å²) in [6.45, 7) is 5.83. The van der Waals surface area contributed by atoms with Crippen LogP contribution in [0.25, 0.3) is 0 Å². The fraction of sp³-hybridized carbons (Fsp3) is 0.333. The second kappa shape index (κ2) is 10.2. The molecule has 0 aliphatic rings. The Bertz CT molecular complexity index is 844. The Morgan fingerprint density at radius 1 is 1.18 bits per heavy atom. The van der Waals surface area contributed by atoms with Crippen LogP contribution in [0.3, 0.4) is 0 Å². The number of nitrogens with one attached hydrogen (secondary N) is 2. The van der Waals surface area contributed by atoms with E-state index in [4.69, 9.17) is 4.74 Å². The van der Waals surface area contributed by atoms with Gasteiger partial charge in [-0.1, -0.05) is 19.1 Å². The zero-order valence-electron chi connectivity index (χ0n) is 16.1. The molecule has 2 N–H and O–H groups in total. The van der Waals surface area contributed by atoms with E-state index in [1.54, 1.807) is 25.1 Å². The van der Waals surface area contributed by atoms with Crippen molar-refractivity contribution in [2.75, 3.05) is 0 Å². The van der Waals surface area contributed by atoms with Crippen LogP contribution in [0, 0.1) is 5.82 Å². The predicted molar refractivity (Wildman–Crippen MR) is 110 cm³/mol. The second-order valence-corrected chi connectivity index (χ2v) is 7.39. The molecule has 0 fully saturated rings. The Balaban J connectivity index is 1.93. The van der Waals surface area contributed by atoms with Crippen molar-refractivity contribution in [2.45, 2.75) is 45.9 Å². The highest BCUT2D eigenvalue weighted by molar-refractivity contribution is 9.10. The first-order chi connectivity index (χ1) is 13.3. The minimum Gasteiger partial charge on any atom is -0.480 e. The third-order valence-corrected chi connectivity index (χ3v) is 4.83. The number of amides is 2. The predicted octanol–water partition coefficient (Wildman–Crippen LogP) is 4.20. The van der Waals surface area contributed by atoms with Gasteiger partial charge in [-0.3, -0.25) is 9.59 Å². The Hall–Kier alpha value is -2.41. The van der Waals surface area contributed by atoms with Crippen molar-refractivity contribution in [3.05, 3.63) is 63.9 Å². The molecule has 0 spiro atoms. The van der Waals surface area contributed by atoms with Crippen molar-refractivity contribution >= 4 is 27.7 Å². The van der Waals surface area contributed by atoms with Crippen molar-refractivity contribution in [2.24, 2.45) is 0 Å². The first-order valence-corrected chi connectivity index (χ1v) is 9.88. The maximum atomic E-state index is 13.1. The van der Waals surface area contributed by atoms with Gasteiger partial charge in [0.2, 0.25) is 0 Å². The lowest BCUT2D eigenvalue weighted by molar-refractivity contribution is -0.127. The van der Waals surface area contributed by atoms with Gasteiger partial charge in [0.25, 0.3) is 11.8 Å². The summed E-state index contributed by atoms with van der Waals surface area (Å²) in [5.74, 6) is -0.465. The molecule has 5 nitrogen and oxygen atoms in total. The number of hydrogen-bond donors (Lipinski definition) is 2. The zero-order chi connectivity index (χ0) is 20.7. The van der Waals surface area contributed by atoms with Crippen LogP contribution in [0.1, 0.15) is 43.1 Å². The monoisotopic (exact) mass is 450 g/mol. The number of benzene rings is 2. The molecule has 2 atom stereocenters. The molecule has 28 heavy (non-hydrogen) atoms. The average molecular weight is 451 g/mol. The van der Waals surface area contributed by atoms with Crippen LogP contribution in [-0.2, 0) is 11.3 Å². The van der Waals surface area contributed by atoms with E-state index in [1.807, 2.05) is 19.9 Å². The van der Waals surface area contributed by atoms with Gasteiger partial charge in [-0.05, 0) is 72.1 Å². The van der Waals surface area contributed by atoms with Gasteiger partial charge in [0, 0.05) is 18.2 Å². The summed E-state index contributed by atoms with van der Waals surface area (Å²) in [7, 11) is 0. The summed E-state index contributed by atoms with van der Waals surface area (Å²) in [4.78, 5) is 24.5. The highest BCUT2D eigenvalue weighted by Gasteiger charge is 2.16. The van der Waals surface area contributed by atoms with E-state index in [2.05, 4.69) is 26.6 Å². The van der Waals surface area contributed by atoms with E-state index in [1.165, 1.54) is 18.2 Å². The van der Waals surface area contributed by atoms with Gasteiger partial charge in [0.1, 0.15) is 11.6 Å². The smallest absolute Gasteiger partial charge is 0.261 e. The van der Waals surface area contributed by atoms with Crippen LogP contribution in [0.15, 0.2) is 46.9 Å². The summed E-state index contributed by atoms with van der Waals surface area (Å²) in [5, 5.41) is 5.70. The van der Waals surface area contributed by atoms with Gasteiger partial charge >= 0.3 is 0 Å². The molecule has 150 valence electrons. The van der Waals surface area contributed by atoms with Crippen LogP contribution in [0.4, 0.5) is 4.39 Å². The maximum absolute atomic E-state index is 13.1. The van der Waals surface area contributed by atoms with Gasteiger partial charge in [-0.25, -0.2) is 4.39 Å². The highest BCUT2D eigenvalue weighted by Crippen LogP contribution is 2.26. The Morgan fingerprint density at radius 3 is 2.61 bits per heavy atom. The molecule has 0 bridgehead atoms. The zero-order valence-corrected chi connectivity index (χ0v) is 17.7. The van der Waals surface area contributed by atoms with E-state index in [0.717, 1.165) is 12.0 Å². The molecule has 0 saturated heterocycles. The van der Waals surface area contributed by atoms with Crippen molar-refractivity contribution in [3.63, 3.8) is 0 Å². The largest absolute Gasteiger partial charge is 0.480 e. The standard InChI is InChI=1S/C21H24BrFN2O3/c1-4-13(2)25-21(27)16-7-5-6-15(10-16)12-24-20(26)14(3)28-19-9-8-17(23)11-18(19)22/h5-11,13-14H,4,12H2,1-3H3,(H,24,26)(H,25,27). The molecular weight excluding hydrogens is 427 g/mol. The Labute approximate surface area is 172 Å². The molecule has 2 unspecified atom stereocenters. The number of halogens is 2. The molecule has 0 saturated carbocycles. The van der Waals surface area contributed by atoms with Crippen molar-refractivity contribution in [3.8, 4) is 5.75 Å². The normalized spacial score (nSPS) is 12.8. The van der Waals surface area contributed by atoms with E-state index in [-0.39, 0.29) is 24.4 Å². The number of ether oxygens (including phenoxy) is 1. The molecule has 7 heteroatoms. The van der Waals surface area contributed by atoms with Gasteiger partial charge in [0.05, 0.1) is 4.47 Å².